The van der Waals surface area contributed by atoms with Crippen LogP contribution in [0.4, 0.5) is 0 Å². The van der Waals surface area contributed by atoms with E-state index in [1.807, 2.05) is 38.1 Å². The zero-order valence-corrected chi connectivity index (χ0v) is 12.5. The second-order valence-electron chi connectivity index (χ2n) is 5.73. The molecule has 2 unspecified atom stereocenters. The first-order valence-corrected chi connectivity index (χ1v) is 7.08. The zero-order valence-electron chi connectivity index (χ0n) is 11.7. The summed E-state index contributed by atoms with van der Waals surface area (Å²) >= 11 is 6.18. The minimum absolute atomic E-state index is 0.0282. The highest BCUT2D eigenvalue weighted by Crippen LogP contribution is 2.28. The molecule has 1 aromatic carbocycles. The van der Waals surface area contributed by atoms with Gasteiger partial charge in [0.1, 0.15) is 6.04 Å². The van der Waals surface area contributed by atoms with Gasteiger partial charge in [-0.15, -0.1) is 0 Å². The van der Waals surface area contributed by atoms with Crippen molar-refractivity contribution in [1.29, 1.82) is 0 Å². The Balaban J connectivity index is 1.99. The molecule has 20 heavy (non-hydrogen) atoms. The van der Waals surface area contributed by atoms with Gasteiger partial charge in [-0.05, 0) is 31.9 Å². The van der Waals surface area contributed by atoms with E-state index in [1.54, 1.807) is 0 Å². The van der Waals surface area contributed by atoms with E-state index in [-0.39, 0.29) is 18.0 Å². The lowest BCUT2D eigenvalue weighted by Crippen LogP contribution is -2.54. The predicted octanol–water partition coefficient (Wildman–Crippen LogP) is 1.10. The van der Waals surface area contributed by atoms with Gasteiger partial charge in [0, 0.05) is 23.1 Å². The van der Waals surface area contributed by atoms with Crippen LogP contribution in [0.2, 0.25) is 5.02 Å². The van der Waals surface area contributed by atoms with Crippen LogP contribution < -0.4 is 21.9 Å². The number of nitrogens with two attached hydrogens (primary N) is 1. The average Bonchev–Trinajstić information content (AvgIpc) is 2.88. The molecule has 1 aliphatic rings. The summed E-state index contributed by atoms with van der Waals surface area (Å²) in [7, 11) is 0. The van der Waals surface area contributed by atoms with E-state index in [4.69, 9.17) is 17.3 Å². The van der Waals surface area contributed by atoms with Crippen LogP contribution in [0.5, 0.6) is 0 Å². The van der Waals surface area contributed by atoms with Crippen LogP contribution in [-0.2, 0) is 4.79 Å². The minimum Gasteiger partial charge on any atom is -0.349 e. The van der Waals surface area contributed by atoms with Crippen molar-refractivity contribution in [2.24, 2.45) is 5.73 Å². The van der Waals surface area contributed by atoms with Gasteiger partial charge in [-0.1, -0.05) is 29.8 Å². The van der Waals surface area contributed by atoms with E-state index in [1.165, 1.54) is 0 Å². The van der Waals surface area contributed by atoms with Crippen molar-refractivity contribution in [3.63, 3.8) is 0 Å². The summed E-state index contributed by atoms with van der Waals surface area (Å²) < 4.78 is 0. The molecule has 0 bridgehead atoms. The van der Waals surface area contributed by atoms with Crippen LogP contribution in [0.15, 0.2) is 24.3 Å². The Hall–Kier alpha value is -1.14. The number of hydrogen-bond donors (Lipinski definition) is 4. The molecule has 110 valence electrons. The molecule has 5 nitrogen and oxygen atoms in total. The van der Waals surface area contributed by atoms with E-state index in [0.717, 1.165) is 5.56 Å². The van der Waals surface area contributed by atoms with Crippen LogP contribution in [0.1, 0.15) is 31.9 Å². The second-order valence-corrected chi connectivity index (χ2v) is 6.14. The van der Waals surface area contributed by atoms with E-state index in [9.17, 15) is 4.79 Å². The highest BCUT2D eigenvalue weighted by Gasteiger charge is 2.33. The summed E-state index contributed by atoms with van der Waals surface area (Å²) in [5, 5.41) is 3.64. The van der Waals surface area contributed by atoms with E-state index in [0.29, 0.717) is 18.0 Å². The lowest BCUT2D eigenvalue weighted by molar-refractivity contribution is -0.124. The van der Waals surface area contributed by atoms with Crippen molar-refractivity contribution in [3.05, 3.63) is 34.9 Å². The first kappa shape index (κ1) is 15.3. The molecule has 0 saturated carbocycles. The summed E-state index contributed by atoms with van der Waals surface area (Å²) in [5.41, 5.74) is 12.4. The summed E-state index contributed by atoms with van der Waals surface area (Å²) in [5.74, 6) is -0.0532. The molecule has 1 heterocycles. The number of nitrogens with one attached hydrogen (secondary N) is 3. The summed E-state index contributed by atoms with van der Waals surface area (Å²) in [6.07, 6.45) is 0.649. The molecule has 0 aromatic heterocycles. The molecular formula is C14H21ClN4O. The lowest BCUT2D eigenvalue weighted by Gasteiger charge is -2.25. The Morgan fingerprint density at radius 2 is 2.15 bits per heavy atom. The van der Waals surface area contributed by atoms with Crippen LogP contribution in [0, 0.1) is 0 Å². The molecule has 6 heteroatoms. The molecule has 1 saturated heterocycles. The fourth-order valence-electron chi connectivity index (χ4n) is 2.16. The van der Waals surface area contributed by atoms with Crippen molar-refractivity contribution < 1.29 is 4.79 Å². The zero-order chi connectivity index (χ0) is 14.8. The average molecular weight is 297 g/mol. The van der Waals surface area contributed by atoms with Crippen molar-refractivity contribution in [2.75, 3.05) is 6.54 Å². The Kier molecular flexibility index (Phi) is 4.65. The van der Waals surface area contributed by atoms with Gasteiger partial charge in [0.15, 0.2) is 0 Å². The van der Waals surface area contributed by atoms with Gasteiger partial charge in [0.2, 0.25) is 5.91 Å². The molecule has 1 aromatic rings. The molecule has 2 rings (SSSR count). The molecule has 1 amide bonds. The molecule has 0 spiro atoms. The van der Waals surface area contributed by atoms with E-state index < -0.39 is 5.54 Å². The van der Waals surface area contributed by atoms with Crippen molar-refractivity contribution in [2.45, 2.75) is 37.9 Å². The number of rotatable bonds is 4. The van der Waals surface area contributed by atoms with Gasteiger partial charge in [-0.2, -0.15) is 0 Å². The number of amides is 1. The minimum atomic E-state index is -0.402. The third-order valence-corrected chi connectivity index (χ3v) is 3.82. The number of hydrazine groups is 1. The third kappa shape index (κ3) is 3.49. The third-order valence-electron chi connectivity index (χ3n) is 3.47. The summed E-state index contributed by atoms with van der Waals surface area (Å²) in [4.78, 5) is 12.2. The normalized spacial score (nSPS) is 22.8. The summed E-state index contributed by atoms with van der Waals surface area (Å²) in [6, 6.07) is 7.38. The second kappa shape index (κ2) is 6.10. The number of halogens is 1. The maximum atomic E-state index is 12.2. The van der Waals surface area contributed by atoms with Crippen LogP contribution in [0.3, 0.4) is 0 Å². The molecule has 5 N–H and O–H groups in total. The quantitative estimate of drug-likeness (QED) is 0.671. The summed E-state index contributed by atoms with van der Waals surface area (Å²) in [6.45, 7) is 4.20. The van der Waals surface area contributed by atoms with Crippen molar-refractivity contribution >= 4 is 17.5 Å². The first-order valence-electron chi connectivity index (χ1n) is 6.70. The Morgan fingerprint density at radius 3 is 2.80 bits per heavy atom. The fraction of sp³-hybridized carbons (Fsp3) is 0.500. The van der Waals surface area contributed by atoms with E-state index in [2.05, 4.69) is 16.2 Å². The Labute approximate surface area is 124 Å². The van der Waals surface area contributed by atoms with Gasteiger partial charge in [-0.3, -0.25) is 4.79 Å². The monoisotopic (exact) mass is 296 g/mol. The van der Waals surface area contributed by atoms with Crippen molar-refractivity contribution in [1.82, 2.24) is 16.2 Å². The number of carbonyl (C=O) groups is 1. The molecule has 2 atom stereocenters. The standard InChI is InChI=1S/C14H21ClN4O/c1-14(2,8-16)17-13(20)12-7-11(18-19-12)9-5-3-4-6-10(9)15/h3-6,11-12,18-19H,7-8,16H2,1-2H3,(H,17,20). The molecular weight excluding hydrogens is 276 g/mol. The number of benzene rings is 1. The largest absolute Gasteiger partial charge is 0.349 e. The van der Waals surface area contributed by atoms with Crippen molar-refractivity contribution in [3.8, 4) is 0 Å². The number of hydrogen-bond acceptors (Lipinski definition) is 4. The van der Waals surface area contributed by atoms with Crippen LogP contribution >= 0.6 is 11.6 Å². The smallest absolute Gasteiger partial charge is 0.239 e. The predicted molar refractivity (Wildman–Crippen MR) is 80.1 cm³/mol. The topological polar surface area (TPSA) is 79.2 Å². The van der Waals surface area contributed by atoms with E-state index >= 15 is 0 Å². The molecule has 0 radical (unpaired) electrons. The Bertz CT molecular complexity index is 492. The lowest BCUT2D eigenvalue weighted by atomic mass is 10.0. The van der Waals surface area contributed by atoms with Gasteiger partial charge >= 0.3 is 0 Å². The number of carbonyl (C=O) groups excluding carboxylic acids is 1. The van der Waals surface area contributed by atoms with Gasteiger partial charge in [0.25, 0.3) is 0 Å². The fourth-order valence-corrected chi connectivity index (χ4v) is 2.43. The SMILES string of the molecule is CC(C)(CN)NC(=O)C1CC(c2ccccc2Cl)NN1. The van der Waals surface area contributed by atoms with Gasteiger partial charge in [-0.25, -0.2) is 10.9 Å². The Morgan fingerprint density at radius 1 is 1.45 bits per heavy atom. The van der Waals surface area contributed by atoms with Crippen LogP contribution in [-0.4, -0.2) is 24.0 Å². The highest BCUT2D eigenvalue weighted by atomic mass is 35.5. The molecule has 0 aliphatic carbocycles. The van der Waals surface area contributed by atoms with Gasteiger partial charge in [0.05, 0.1) is 0 Å². The molecule has 1 aliphatic heterocycles. The maximum absolute atomic E-state index is 12.2. The molecule has 1 fully saturated rings. The highest BCUT2D eigenvalue weighted by molar-refractivity contribution is 6.31. The van der Waals surface area contributed by atoms with Gasteiger partial charge < -0.3 is 11.1 Å². The maximum Gasteiger partial charge on any atom is 0.239 e. The van der Waals surface area contributed by atoms with Crippen LogP contribution in [0.25, 0.3) is 0 Å². The first-order chi connectivity index (χ1) is 9.43.